The van der Waals surface area contributed by atoms with E-state index in [0.717, 1.165) is 42.0 Å². The molecule has 0 bridgehead atoms. The van der Waals surface area contributed by atoms with Crippen molar-refractivity contribution >= 4 is 16.9 Å². The Bertz CT molecular complexity index is 983. The number of imidazole rings is 1. The van der Waals surface area contributed by atoms with E-state index in [4.69, 9.17) is 4.74 Å². The highest BCUT2D eigenvalue weighted by Crippen LogP contribution is 2.24. The predicted molar refractivity (Wildman–Crippen MR) is 111 cm³/mol. The fourth-order valence-corrected chi connectivity index (χ4v) is 3.79. The number of aromatic nitrogens is 2. The van der Waals surface area contributed by atoms with Gasteiger partial charge in [-0.1, -0.05) is 26.0 Å². The maximum atomic E-state index is 12.5. The van der Waals surface area contributed by atoms with Crippen LogP contribution in [0.3, 0.4) is 0 Å². The number of amides is 1. The highest BCUT2D eigenvalue weighted by atomic mass is 16.5. The van der Waals surface area contributed by atoms with Gasteiger partial charge in [-0.2, -0.15) is 0 Å². The van der Waals surface area contributed by atoms with Crippen LogP contribution in [0.25, 0.3) is 16.7 Å². The zero-order valence-corrected chi connectivity index (χ0v) is 16.7. The van der Waals surface area contributed by atoms with E-state index >= 15 is 0 Å². The number of fused-ring (bicyclic) bond motifs is 1. The van der Waals surface area contributed by atoms with Crippen molar-refractivity contribution in [3.8, 4) is 5.69 Å². The molecule has 0 aliphatic carbocycles. The average Bonchev–Trinajstić information content (AvgIpc) is 3.32. The molecule has 1 amide bonds. The van der Waals surface area contributed by atoms with E-state index in [1.54, 1.807) is 0 Å². The Morgan fingerprint density at radius 2 is 2.04 bits per heavy atom. The molecule has 5 nitrogen and oxygen atoms in total. The summed E-state index contributed by atoms with van der Waals surface area (Å²) < 4.78 is 7.70. The molecule has 1 atom stereocenters. The van der Waals surface area contributed by atoms with Crippen molar-refractivity contribution in [1.82, 2.24) is 14.9 Å². The Labute approximate surface area is 165 Å². The molecule has 1 fully saturated rings. The molecule has 1 unspecified atom stereocenters. The number of hydrogen-bond acceptors (Lipinski definition) is 3. The van der Waals surface area contributed by atoms with Crippen LogP contribution in [0.1, 0.15) is 54.4 Å². The Morgan fingerprint density at radius 3 is 2.71 bits per heavy atom. The quantitative estimate of drug-likeness (QED) is 0.718. The lowest BCUT2D eigenvalue weighted by molar-refractivity contribution is 0.0858. The average molecular weight is 377 g/mol. The predicted octanol–water partition coefficient (Wildman–Crippen LogP) is 4.37. The number of carbonyl (C=O) groups excluding carboxylic acids is 1. The van der Waals surface area contributed by atoms with E-state index in [0.29, 0.717) is 18.0 Å². The smallest absolute Gasteiger partial charge is 0.251 e. The summed E-state index contributed by atoms with van der Waals surface area (Å²) in [6.07, 6.45) is 2.22. The van der Waals surface area contributed by atoms with Gasteiger partial charge in [0.1, 0.15) is 5.82 Å². The zero-order valence-electron chi connectivity index (χ0n) is 16.7. The van der Waals surface area contributed by atoms with Crippen LogP contribution in [-0.4, -0.2) is 34.7 Å². The number of rotatable bonds is 5. The van der Waals surface area contributed by atoms with E-state index in [9.17, 15) is 4.79 Å². The SMILES string of the molecule is Cc1nc2cc(C(=O)NCC3CCCO3)ccc2n1-c1ccc(C(C)C)cc1. The molecule has 1 saturated heterocycles. The summed E-state index contributed by atoms with van der Waals surface area (Å²) in [6, 6.07) is 14.3. The van der Waals surface area contributed by atoms with Crippen LogP contribution in [0.5, 0.6) is 0 Å². The number of nitrogens with one attached hydrogen (secondary N) is 1. The first kappa shape index (κ1) is 18.7. The number of hydrogen-bond donors (Lipinski definition) is 1. The van der Waals surface area contributed by atoms with Gasteiger partial charge in [0.25, 0.3) is 5.91 Å². The van der Waals surface area contributed by atoms with Crippen molar-refractivity contribution in [2.45, 2.75) is 45.6 Å². The molecule has 2 aromatic carbocycles. The van der Waals surface area contributed by atoms with Gasteiger partial charge in [-0.05, 0) is 61.6 Å². The van der Waals surface area contributed by atoms with Crippen molar-refractivity contribution in [3.05, 3.63) is 59.4 Å². The largest absolute Gasteiger partial charge is 0.376 e. The highest BCUT2D eigenvalue weighted by Gasteiger charge is 2.17. The van der Waals surface area contributed by atoms with Gasteiger partial charge in [-0.25, -0.2) is 4.98 Å². The van der Waals surface area contributed by atoms with E-state index in [1.807, 2.05) is 25.1 Å². The summed E-state index contributed by atoms with van der Waals surface area (Å²) in [7, 11) is 0. The number of carbonyl (C=O) groups is 1. The topological polar surface area (TPSA) is 56.1 Å². The molecular formula is C23H27N3O2. The number of benzene rings is 2. The third kappa shape index (κ3) is 3.67. The monoisotopic (exact) mass is 377 g/mol. The van der Waals surface area contributed by atoms with Gasteiger partial charge in [0.05, 0.1) is 17.1 Å². The van der Waals surface area contributed by atoms with Gasteiger partial charge in [0, 0.05) is 24.4 Å². The molecule has 4 rings (SSSR count). The minimum Gasteiger partial charge on any atom is -0.376 e. The molecule has 1 aliphatic heterocycles. The van der Waals surface area contributed by atoms with Gasteiger partial charge in [-0.15, -0.1) is 0 Å². The highest BCUT2D eigenvalue weighted by molar-refractivity contribution is 5.97. The van der Waals surface area contributed by atoms with E-state index in [-0.39, 0.29) is 12.0 Å². The summed E-state index contributed by atoms with van der Waals surface area (Å²) in [4.78, 5) is 17.2. The van der Waals surface area contributed by atoms with Gasteiger partial charge in [-0.3, -0.25) is 9.36 Å². The molecule has 5 heteroatoms. The molecule has 3 aromatic rings. The van der Waals surface area contributed by atoms with Crippen LogP contribution in [-0.2, 0) is 4.74 Å². The van der Waals surface area contributed by atoms with E-state index in [2.05, 4.69) is 53.0 Å². The summed E-state index contributed by atoms with van der Waals surface area (Å²) in [5.74, 6) is 1.33. The lowest BCUT2D eigenvalue weighted by Crippen LogP contribution is -2.31. The third-order valence-corrected chi connectivity index (χ3v) is 5.42. The molecule has 146 valence electrons. The fourth-order valence-electron chi connectivity index (χ4n) is 3.79. The second-order valence-electron chi connectivity index (χ2n) is 7.79. The second kappa shape index (κ2) is 7.76. The minimum atomic E-state index is -0.0779. The van der Waals surface area contributed by atoms with Gasteiger partial charge in [0.2, 0.25) is 0 Å². The summed E-state index contributed by atoms with van der Waals surface area (Å²) in [5, 5.41) is 2.98. The van der Waals surface area contributed by atoms with Gasteiger partial charge >= 0.3 is 0 Å². The molecule has 0 saturated carbocycles. The molecular weight excluding hydrogens is 350 g/mol. The minimum absolute atomic E-state index is 0.0779. The maximum Gasteiger partial charge on any atom is 0.251 e. The van der Waals surface area contributed by atoms with Crippen LogP contribution in [0.15, 0.2) is 42.5 Å². The number of nitrogens with zero attached hydrogens (tertiary/aromatic N) is 2. The molecule has 1 N–H and O–H groups in total. The molecule has 2 heterocycles. The molecule has 28 heavy (non-hydrogen) atoms. The van der Waals surface area contributed by atoms with Crippen molar-refractivity contribution in [2.75, 3.05) is 13.2 Å². The lowest BCUT2D eigenvalue weighted by Gasteiger charge is -2.11. The zero-order chi connectivity index (χ0) is 19.7. The van der Waals surface area contributed by atoms with Crippen molar-refractivity contribution in [3.63, 3.8) is 0 Å². The van der Waals surface area contributed by atoms with Crippen LogP contribution in [0.4, 0.5) is 0 Å². The van der Waals surface area contributed by atoms with Crippen LogP contribution in [0, 0.1) is 6.92 Å². The van der Waals surface area contributed by atoms with Crippen molar-refractivity contribution in [1.29, 1.82) is 0 Å². The van der Waals surface area contributed by atoms with E-state index in [1.165, 1.54) is 5.56 Å². The van der Waals surface area contributed by atoms with Crippen LogP contribution >= 0.6 is 0 Å². The molecule has 1 aliphatic rings. The first-order chi connectivity index (χ1) is 13.5. The van der Waals surface area contributed by atoms with Gasteiger partial charge < -0.3 is 10.1 Å². The lowest BCUT2D eigenvalue weighted by atomic mass is 10.0. The van der Waals surface area contributed by atoms with E-state index < -0.39 is 0 Å². The Balaban J connectivity index is 1.58. The Morgan fingerprint density at radius 1 is 1.25 bits per heavy atom. The second-order valence-corrected chi connectivity index (χ2v) is 7.79. The Hall–Kier alpha value is -2.66. The van der Waals surface area contributed by atoms with Crippen molar-refractivity contribution in [2.24, 2.45) is 0 Å². The first-order valence-electron chi connectivity index (χ1n) is 10.0. The summed E-state index contributed by atoms with van der Waals surface area (Å²) >= 11 is 0. The van der Waals surface area contributed by atoms with Crippen LogP contribution < -0.4 is 5.32 Å². The third-order valence-electron chi connectivity index (χ3n) is 5.42. The molecule has 0 spiro atoms. The molecule has 1 aromatic heterocycles. The van der Waals surface area contributed by atoms with Crippen molar-refractivity contribution < 1.29 is 9.53 Å². The maximum absolute atomic E-state index is 12.5. The van der Waals surface area contributed by atoms with Crippen LogP contribution in [0.2, 0.25) is 0 Å². The Kier molecular flexibility index (Phi) is 5.18. The summed E-state index contributed by atoms with van der Waals surface area (Å²) in [6.45, 7) is 7.73. The molecule has 0 radical (unpaired) electrons. The first-order valence-corrected chi connectivity index (χ1v) is 10.0. The number of ether oxygens (including phenoxy) is 1. The standard InChI is InChI=1S/C23H27N3O2/c1-15(2)17-6-9-19(10-7-17)26-16(3)25-21-13-18(8-11-22(21)26)23(27)24-14-20-5-4-12-28-20/h6-11,13,15,20H,4-5,12,14H2,1-3H3,(H,24,27). The summed E-state index contributed by atoms with van der Waals surface area (Å²) in [5.41, 5.74) is 4.86. The fraction of sp³-hybridized carbons (Fsp3) is 0.391. The van der Waals surface area contributed by atoms with Gasteiger partial charge in [0.15, 0.2) is 0 Å². The number of aryl methyl sites for hydroxylation is 1. The normalized spacial score (nSPS) is 16.8.